The lowest BCUT2D eigenvalue weighted by Gasteiger charge is -2.07. The summed E-state index contributed by atoms with van der Waals surface area (Å²) in [5, 5.41) is 10.7. The lowest BCUT2D eigenvalue weighted by Crippen LogP contribution is -2.09. The van der Waals surface area contributed by atoms with E-state index in [0.717, 1.165) is 0 Å². The molecule has 1 N–H and O–H groups in total. The highest BCUT2D eigenvalue weighted by Crippen LogP contribution is 2.43. The van der Waals surface area contributed by atoms with Crippen molar-refractivity contribution in [2.24, 2.45) is 0 Å². The van der Waals surface area contributed by atoms with Gasteiger partial charge in [-0.1, -0.05) is 18.2 Å². The summed E-state index contributed by atoms with van der Waals surface area (Å²) in [6.07, 6.45) is 0. The van der Waals surface area contributed by atoms with Crippen molar-refractivity contribution in [1.29, 1.82) is 0 Å². The van der Waals surface area contributed by atoms with Gasteiger partial charge in [0.15, 0.2) is 0 Å². The van der Waals surface area contributed by atoms with Gasteiger partial charge < -0.3 is 14.4 Å². The Morgan fingerprint density at radius 1 is 1.00 bits per heavy atom. The summed E-state index contributed by atoms with van der Waals surface area (Å²) in [5.74, 6) is 0.165. The van der Waals surface area contributed by atoms with Crippen LogP contribution in [-0.2, 0) is 31.4 Å². The number of ether oxygens (including phenoxy) is 1. The van der Waals surface area contributed by atoms with Crippen LogP contribution in [-0.4, -0.2) is 20.6 Å². The lowest BCUT2D eigenvalue weighted by atomic mass is 10.0. The Labute approximate surface area is 208 Å². The van der Waals surface area contributed by atoms with Crippen LogP contribution in [0.2, 0.25) is 0 Å². The second-order valence-corrected chi connectivity index (χ2v) is 9.30. The third-order valence-corrected chi connectivity index (χ3v) is 7.29. The molecule has 5 rings (SSSR count). The number of nitrogens with zero attached hydrogens (tertiary/aromatic N) is 2. The highest BCUT2D eigenvalue weighted by molar-refractivity contribution is 7.22. The number of aromatic nitrogens is 2. The van der Waals surface area contributed by atoms with Crippen LogP contribution in [0.3, 0.4) is 0 Å². The van der Waals surface area contributed by atoms with Crippen molar-refractivity contribution in [3.63, 3.8) is 0 Å². The Balaban J connectivity index is 1.76. The molecule has 5 nitrogen and oxygen atoms in total. The molecule has 2 heterocycles. The van der Waals surface area contributed by atoms with Crippen molar-refractivity contribution in [2.45, 2.75) is 33.5 Å². The Hall–Kier alpha value is -3.85. The number of aliphatic carboxylic acids is 1. The molecule has 0 fully saturated rings. The van der Waals surface area contributed by atoms with Crippen molar-refractivity contribution in [1.82, 2.24) is 9.55 Å². The minimum atomic E-state index is -1.01. The molecule has 0 unspecified atom stereocenters. The maximum absolute atomic E-state index is 13.9. The van der Waals surface area contributed by atoms with Crippen LogP contribution >= 0.6 is 11.3 Å². The zero-order valence-electron chi connectivity index (χ0n) is 19.2. The van der Waals surface area contributed by atoms with Crippen LogP contribution in [0, 0.1) is 6.92 Å². The molecule has 184 valence electrons. The third kappa shape index (κ3) is 4.09. The first-order chi connectivity index (χ1) is 17.4. The smallest absolute Gasteiger partial charge is 0.323 e. The Morgan fingerprint density at radius 2 is 1.75 bits per heavy atom. The molecule has 0 amide bonds. The van der Waals surface area contributed by atoms with Gasteiger partial charge >= 0.3 is 5.97 Å². The largest absolute Gasteiger partial charge is 0.480 e. The van der Waals surface area contributed by atoms with E-state index in [2.05, 4.69) is 4.98 Å². The molecule has 9 heteroatoms. The second-order valence-electron chi connectivity index (χ2n) is 8.31. The van der Waals surface area contributed by atoms with Gasteiger partial charge in [0.25, 0.3) is 0 Å². The summed E-state index contributed by atoms with van der Waals surface area (Å²) in [7, 11) is 0. The number of carbonyl (C=O) groups is 1. The van der Waals surface area contributed by atoms with E-state index >= 15 is 0 Å². The number of hydrogen-bond acceptors (Lipinski definition) is 4. The summed E-state index contributed by atoms with van der Waals surface area (Å²) in [5.41, 5.74) is 2.60. The molecule has 3 aromatic carbocycles. The minimum absolute atomic E-state index is 0.0816. The van der Waals surface area contributed by atoms with Crippen molar-refractivity contribution in [3.05, 3.63) is 77.0 Å². The molecule has 5 aromatic rings. The van der Waals surface area contributed by atoms with Crippen molar-refractivity contribution in [2.75, 3.05) is 0 Å². The summed E-state index contributed by atoms with van der Waals surface area (Å²) >= 11 is 1.18. The number of carboxylic acids is 1. The van der Waals surface area contributed by atoms with Gasteiger partial charge in [-0.15, -0.1) is 11.3 Å². The van der Waals surface area contributed by atoms with Gasteiger partial charge in [0.1, 0.15) is 43.1 Å². The average molecular weight is 511 g/mol. The van der Waals surface area contributed by atoms with E-state index in [1.165, 1.54) is 17.4 Å². The fourth-order valence-electron chi connectivity index (χ4n) is 4.49. The first kappa shape index (κ1) is 23.9. The number of rotatable bonds is 8. The molecular formula is C27H21F3N2O3S. The van der Waals surface area contributed by atoms with E-state index in [1.54, 1.807) is 29.7 Å². The molecule has 0 atom stereocenters. The average Bonchev–Trinajstić information content (AvgIpc) is 3.42. The molecule has 36 heavy (non-hydrogen) atoms. The quantitative estimate of drug-likeness (QED) is 0.235. The first-order valence-electron chi connectivity index (χ1n) is 11.1. The highest BCUT2D eigenvalue weighted by Gasteiger charge is 2.23. The summed E-state index contributed by atoms with van der Waals surface area (Å²) < 4.78 is 49.4. The van der Waals surface area contributed by atoms with Gasteiger partial charge in [-0.25, -0.2) is 18.2 Å². The lowest BCUT2D eigenvalue weighted by molar-refractivity contribution is -0.137. The number of hydrogen-bond donors (Lipinski definition) is 1. The normalized spacial score (nSPS) is 11.4. The highest BCUT2D eigenvalue weighted by atomic mass is 32.1. The van der Waals surface area contributed by atoms with Crippen LogP contribution in [0.4, 0.5) is 13.2 Å². The first-order valence-corrected chi connectivity index (χ1v) is 12.0. The Morgan fingerprint density at radius 3 is 2.42 bits per heavy atom. The minimum Gasteiger partial charge on any atom is -0.480 e. The van der Waals surface area contributed by atoms with Crippen LogP contribution in [0.15, 0.2) is 54.6 Å². The summed E-state index contributed by atoms with van der Waals surface area (Å²) in [6, 6.07) is 15.9. The zero-order valence-corrected chi connectivity index (χ0v) is 20.0. The maximum atomic E-state index is 13.9. The standard InChI is InChI=1S/C27H21F3N2O3S/c1-15-24(27-31-25-21(13-30)16(11-28)9-17(12-29)26(25)36-27)20-10-19(35-18-5-3-2-4-6-18)7-8-22(20)32(15)14-23(33)34/h2-10H,11-14H2,1H3,(H,33,34). The molecule has 0 saturated carbocycles. The number of benzene rings is 3. The fourth-order valence-corrected chi connectivity index (χ4v) is 5.69. The van der Waals surface area contributed by atoms with Crippen molar-refractivity contribution >= 4 is 38.4 Å². The SMILES string of the molecule is Cc1c(-c2nc3c(CF)c(CF)cc(CF)c3s2)c2cc(Oc3ccccc3)ccc2n1CC(=O)O. The molecule has 0 spiro atoms. The van der Waals surface area contributed by atoms with E-state index in [9.17, 15) is 23.1 Å². The predicted molar refractivity (Wildman–Crippen MR) is 134 cm³/mol. The Bertz CT molecular complexity index is 1600. The number of alkyl halides is 3. The second kappa shape index (κ2) is 9.66. The molecule has 0 aliphatic rings. The van der Waals surface area contributed by atoms with E-state index in [4.69, 9.17) is 4.74 Å². The van der Waals surface area contributed by atoms with E-state index < -0.39 is 26.0 Å². The maximum Gasteiger partial charge on any atom is 0.323 e. The molecule has 0 saturated heterocycles. The molecule has 0 bridgehead atoms. The van der Waals surface area contributed by atoms with Gasteiger partial charge in [0.2, 0.25) is 0 Å². The van der Waals surface area contributed by atoms with Crippen LogP contribution < -0.4 is 4.74 Å². The van der Waals surface area contributed by atoms with Crippen molar-refractivity contribution < 1.29 is 27.8 Å². The van der Waals surface area contributed by atoms with Gasteiger partial charge in [0.05, 0.1) is 10.2 Å². The van der Waals surface area contributed by atoms with Crippen LogP contribution in [0.25, 0.3) is 31.7 Å². The number of thiazole rings is 1. The summed E-state index contributed by atoms with van der Waals surface area (Å²) in [6.45, 7) is -1.19. The van der Waals surface area contributed by atoms with Crippen molar-refractivity contribution in [3.8, 4) is 22.1 Å². The predicted octanol–water partition coefficient (Wildman–Crippen LogP) is 7.51. The topological polar surface area (TPSA) is 64.4 Å². The molecule has 0 radical (unpaired) electrons. The number of para-hydroxylation sites is 1. The molecular weight excluding hydrogens is 489 g/mol. The molecule has 0 aliphatic carbocycles. The Kier molecular flexibility index (Phi) is 6.40. The zero-order chi connectivity index (χ0) is 25.4. The monoisotopic (exact) mass is 510 g/mol. The third-order valence-electron chi connectivity index (χ3n) is 6.14. The molecule has 2 aromatic heterocycles. The van der Waals surface area contributed by atoms with Crippen LogP contribution in [0.5, 0.6) is 11.5 Å². The van der Waals surface area contributed by atoms with Gasteiger partial charge in [-0.2, -0.15) is 0 Å². The van der Waals surface area contributed by atoms with Gasteiger partial charge in [-0.3, -0.25) is 4.79 Å². The summed E-state index contributed by atoms with van der Waals surface area (Å²) in [4.78, 5) is 16.3. The number of carboxylic acid groups (broad SMARTS) is 1. The molecule has 0 aliphatic heterocycles. The van der Waals surface area contributed by atoms with E-state index in [0.29, 0.717) is 43.4 Å². The van der Waals surface area contributed by atoms with E-state index in [-0.39, 0.29) is 28.8 Å². The number of halogens is 3. The number of fused-ring (bicyclic) bond motifs is 2. The van der Waals surface area contributed by atoms with E-state index in [1.807, 2.05) is 30.3 Å². The fraction of sp³-hybridized carbons (Fsp3) is 0.185. The van der Waals surface area contributed by atoms with Gasteiger partial charge in [-0.05, 0) is 48.9 Å². The van der Waals surface area contributed by atoms with Gasteiger partial charge in [0, 0.05) is 33.3 Å². The van der Waals surface area contributed by atoms with Crippen LogP contribution in [0.1, 0.15) is 22.4 Å².